The first kappa shape index (κ1) is 27.6. The fourth-order valence-electron chi connectivity index (χ4n) is 3.53. The minimum absolute atomic E-state index is 0.0624. The molecule has 1 atom stereocenters. The van der Waals surface area contributed by atoms with E-state index in [1.165, 1.54) is 0 Å². The van der Waals surface area contributed by atoms with Gasteiger partial charge in [0.15, 0.2) is 11.2 Å². The number of aromatic nitrogens is 1. The van der Waals surface area contributed by atoms with Gasteiger partial charge in [-0.15, -0.1) is 0 Å². The number of hydrogen-bond donors (Lipinski definition) is 0. The maximum atomic E-state index is 13.9. The van der Waals surface area contributed by atoms with Crippen LogP contribution in [0.25, 0.3) is 0 Å². The van der Waals surface area contributed by atoms with Gasteiger partial charge in [-0.25, -0.2) is 0 Å². The third-order valence-electron chi connectivity index (χ3n) is 4.83. The fourth-order valence-corrected chi connectivity index (χ4v) is 8.93. The predicted molar refractivity (Wildman–Crippen MR) is 128 cm³/mol. The van der Waals surface area contributed by atoms with Gasteiger partial charge in [-0.3, -0.25) is 18.9 Å². The third kappa shape index (κ3) is 7.16. The van der Waals surface area contributed by atoms with Crippen LogP contribution in [0, 0.1) is 0 Å². The van der Waals surface area contributed by atoms with Crippen LogP contribution in [0.1, 0.15) is 56.1 Å². The summed E-state index contributed by atoms with van der Waals surface area (Å²) >= 11 is 0. The summed E-state index contributed by atoms with van der Waals surface area (Å²) in [7, 11) is -8.02. The molecule has 1 aromatic carbocycles. The highest BCUT2D eigenvalue weighted by molar-refractivity contribution is 7.72. The topological polar surface area (TPSA) is 101 Å². The van der Waals surface area contributed by atoms with Gasteiger partial charge in [0.25, 0.3) is 0 Å². The molecule has 1 unspecified atom stereocenters. The molecule has 0 spiro atoms. The minimum Gasteiger partial charge on any atom is -0.308 e. The zero-order chi connectivity index (χ0) is 24.3. The normalized spacial score (nSPS) is 13.2. The first-order valence-corrected chi connectivity index (χ1v) is 14.3. The van der Waals surface area contributed by atoms with Crippen LogP contribution in [0.15, 0.2) is 54.7 Å². The van der Waals surface area contributed by atoms with E-state index in [9.17, 15) is 13.9 Å². The molecule has 0 aliphatic carbocycles. The van der Waals surface area contributed by atoms with Crippen LogP contribution in [0.2, 0.25) is 0 Å². The summed E-state index contributed by atoms with van der Waals surface area (Å²) in [5.41, 5.74) is 0.910. The smallest absolute Gasteiger partial charge is 0.308 e. The molecule has 2 rings (SSSR count). The van der Waals surface area contributed by atoms with Crippen molar-refractivity contribution in [3.63, 3.8) is 0 Å². The van der Waals surface area contributed by atoms with Crippen molar-refractivity contribution in [2.75, 3.05) is 26.4 Å². The lowest BCUT2D eigenvalue weighted by Crippen LogP contribution is -2.24. The zero-order valence-corrected chi connectivity index (χ0v) is 21.4. The van der Waals surface area contributed by atoms with E-state index >= 15 is 0 Å². The maximum absolute atomic E-state index is 13.9. The number of rotatable bonds is 15. The molecule has 8 nitrogen and oxygen atoms in total. The lowest BCUT2D eigenvalue weighted by molar-refractivity contribution is 0.0952. The highest BCUT2D eigenvalue weighted by atomic mass is 31.2. The third-order valence-corrected chi connectivity index (χ3v) is 10.9. The first-order chi connectivity index (χ1) is 15.8. The van der Waals surface area contributed by atoms with Gasteiger partial charge in [0.1, 0.15) is 0 Å². The van der Waals surface area contributed by atoms with E-state index in [-0.39, 0.29) is 38.6 Å². The minimum atomic E-state index is -4.01. The van der Waals surface area contributed by atoms with Crippen LogP contribution in [0.3, 0.4) is 0 Å². The van der Waals surface area contributed by atoms with E-state index < -0.39 is 26.5 Å². The second-order valence-electron chi connectivity index (χ2n) is 7.00. The van der Waals surface area contributed by atoms with Gasteiger partial charge in [-0.1, -0.05) is 36.4 Å². The summed E-state index contributed by atoms with van der Waals surface area (Å²) < 4.78 is 50.1. The highest BCUT2D eigenvalue weighted by Crippen LogP contribution is 2.72. The van der Waals surface area contributed by atoms with E-state index in [1.54, 1.807) is 76.4 Å². The number of carbonyl (C=O) groups excluding carboxylic acids is 1. The Morgan fingerprint density at radius 1 is 0.788 bits per heavy atom. The molecule has 1 aromatic heterocycles. The SMILES string of the molecule is CCOP(=O)(OCC)C(CC(C(=O)c1ccccc1)c1ccccn1)P(=O)(OCC)OCC. The molecule has 0 N–H and O–H groups in total. The first-order valence-electron chi connectivity index (χ1n) is 11.1. The molecule has 33 heavy (non-hydrogen) atoms. The number of Topliss-reactive ketones (excluding diaryl/α,β-unsaturated/α-hetero) is 1. The van der Waals surface area contributed by atoms with E-state index in [0.717, 1.165) is 0 Å². The molecule has 0 saturated carbocycles. The Morgan fingerprint density at radius 2 is 1.27 bits per heavy atom. The molecule has 0 aliphatic rings. The molecule has 182 valence electrons. The molecular weight excluding hydrogens is 464 g/mol. The number of pyridine rings is 1. The van der Waals surface area contributed by atoms with Crippen molar-refractivity contribution < 1.29 is 32.0 Å². The predicted octanol–water partition coefficient (Wildman–Crippen LogP) is 6.30. The van der Waals surface area contributed by atoms with Gasteiger partial charge < -0.3 is 18.1 Å². The Hall–Kier alpha value is -1.66. The molecule has 0 fully saturated rings. The Bertz CT molecular complexity index is 906. The van der Waals surface area contributed by atoms with Crippen LogP contribution in [0.5, 0.6) is 0 Å². The highest BCUT2D eigenvalue weighted by Gasteiger charge is 2.52. The number of carbonyl (C=O) groups is 1. The maximum Gasteiger partial charge on any atom is 0.345 e. The Balaban J connectivity index is 2.64. The Morgan fingerprint density at radius 3 is 1.70 bits per heavy atom. The van der Waals surface area contributed by atoms with Crippen LogP contribution >= 0.6 is 15.2 Å². The second-order valence-corrected chi connectivity index (χ2v) is 11.9. The molecule has 0 radical (unpaired) electrons. The van der Waals surface area contributed by atoms with Crippen LogP contribution in [-0.2, 0) is 27.2 Å². The van der Waals surface area contributed by atoms with E-state index in [4.69, 9.17) is 18.1 Å². The average molecular weight is 497 g/mol. The molecule has 0 aliphatic heterocycles. The van der Waals surface area contributed by atoms with Gasteiger partial charge in [-0.05, 0) is 46.2 Å². The monoisotopic (exact) mass is 497 g/mol. The lowest BCUT2D eigenvalue weighted by Gasteiger charge is -2.33. The van der Waals surface area contributed by atoms with Crippen molar-refractivity contribution in [1.29, 1.82) is 0 Å². The molecule has 0 amide bonds. The van der Waals surface area contributed by atoms with Gasteiger partial charge in [0, 0.05) is 11.8 Å². The van der Waals surface area contributed by atoms with Crippen molar-refractivity contribution in [3.05, 3.63) is 66.0 Å². The van der Waals surface area contributed by atoms with Crippen LogP contribution < -0.4 is 0 Å². The number of hydrogen-bond acceptors (Lipinski definition) is 8. The molecular formula is C23H33NO7P2. The number of nitrogens with zero attached hydrogens (tertiary/aromatic N) is 1. The molecule has 0 bridgehead atoms. The van der Waals surface area contributed by atoms with Crippen LogP contribution in [0.4, 0.5) is 0 Å². The lowest BCUT2D eigenvalue weighted by atomic mass is 9.92. The largest absolute Gasteiger partial charge is 0.345 e. The van der Waals surface area contributed by atoms with Crippen molar-refractivity contribution in [2.45, 2.75) is 45.4 Å². The van der Waals surface area contributed by atoms with Crippen molar-refractivity contribution in [2.24, 2.45) is 0 Å². The van der Waals surface area contributed by atoms with E-state index in [1.807, 2.05) is 6.07 Å². The van der Waals surface area contributed by atoms with Crippen molar-refractivity contribution in [3.8, 4) is 0 Å². The number of ketones is 1. The van der Waals surface area contributed by atoms with Gasteiger partial charge in [0.05, 0.1) is 38.0 Å². The Labute approximate surface area is 196 Å². The van der Waals surface area contributed by atoms with Gasteiger partial charge in [-0.2, -0.15) is 0 Å². The summed E-state index contributed by atoms with van der Waals surface area (Å²) in [4.78, 5) is 17.9. The second kappa shape index (κ2) is 13.3. The molecule has 2 aromatic rings. The number of benzene rings is 1. The Kier molecular flexibility index (Phi) is 11.1. The summed E-state index contributed by atoms with van der Waals surface area (Å²) in [6, 6.07) is 13.9. The molecule has 10 heteroatoms. The average Bonchev–Trinajstić information content (AvgIpc) is 2.81. The van der Waals surface area contributed by atoms with Gasteiger partial charge >= 0.3 is 15.2 Å². The van der Waals surface area contributed by atoms with Crippen molar-refractivity contribution in [1.82, 2.24) is 4.98 Å². The summed E-state index contributed by atoms with van der Waals surface area (Å²) in [5.74, 6) is -1.12. The molecule has 1 heterocycles. The summed E-state index contributed by atoms with van der Waals surface area (Å²) in [6.45, 7) is 6.92. The molecule has 0 saturated heterocycles. The van der Waals surface area contributed by atoms with Gasteiger partial charge in [0.2, 0.25) is 0 Å². The quantitative estimate of drug-likeness (QED) is 0.209. The summed E-state index contributed by atoms with van der Waals surface area (Å²) in [6.07, 6.45) is 1.42. The fraction of sp³-hybridized carbons (Fsp3) is 0.478. The summed E-state index contributed by atoms with van der Waals surface area (Å²) in [5, 5.41) is -1.32. The standard InChI is InChI=1S/C23H33NO7P2/c1-5-28-32(26,29-6-2)22(33(27,30-7-3)31-8-4)18-20(21-16-12-13-17-24-21)23(25)19-14-10-9-11-15-19/h9-17,20,22H,5-8,18H2,1-4H3. The zero-order valence-electron chi connectivity index (χ0n) is 19.6. The van der Waals surface area contributed by atoms with E-state index in [2.05, 4.69) is 4.98 Å². The van der Waals surface area contributed by atoms with Crippen LogP contribution in [-0.4, -0.2) is 42.6 Å². The van der Waals surface area contributed by atoms with E-state index in [0.29, 0.717) is 11.3 Å². The van der Waals surface area contributed by atoms with Crippen molar-refractivity contribution >= 4 is 21.0 Å².